The van der Waals surface area contributed by atoms with Crippen molar-refractivity contribution in [2.24, 2.45) is 0 Å². The number of halogens is 2. The Hall–Kier alpha value is -3.23. The number of carbonyl (C=O) groups excluding carboxylic acids is 1. The molecular weight excluding hydrogens is 531 g/mol. The Balaban J connectivity index is 1.40. The van der Waals surface area contributed by atoms with Gasteiger partial charge in [0.15, 0.2) is 0 Å². The van der Waals surface area contributed by atoms with Crippen molar-refractivity contribution in [1.82, 2.24) is 4.98 Å². The Kier molecular flexibility index (Phi) is 7.31. The summed E-state index contributed by atoms with van der Waals surface area (Å²) < 4.78 is 0. The number of aliphatic hydroxyl groups is 1. The van der Waals surface area contributed by atoms with Crippen LogP contribution in [0.25, 0.3) is 11.1 Å². The molecule has 9 heteroatoms. The van der Waals surface area contributed by atoms with Crippen molar-refractivity contribution in [3.8, 4) is 22.6 Å². The molecule has 1 fully saturated rings. The molecule has 0 saturated carbocycles. The topological polar surface area (TPSA) is 93.9 Å². The zero-order chi connectivity index (χ0) is 26.1. The zero-order valence-corrected chi connectivity index (χ0v) is 21.7. The van der Waals surface area contributed by atoms with E-state index in [2.05, 4.69) is 4.98 Å². The Morgan fingerprint density at radius 3 is 2.30 bits per heavy atom. The lowest BCUT2D eigenvalue weighted by Gasteiger charge is -2.47. The number of hydrogen-bond acceptors (Lipinski definition) is 6. The number of phenolic OH excluding ortho intramolecular Hbond substituents is 2. The third kappa shape index (κ3) is 5.26. The van der Waals surface area contributed by atoms with Gasteiger partial charge in [-0.1, -0.05) is 47.5 Å². The van der Waals surface area contributed by atoms with E-state index in [4.69, 9.17) is 23.2 Å². The lowest BCUT2D eigenvalue weighted by atomic mass is 9.91. The van der Waals surface area contributed by atoms with Crippen molar-refractivity contribution in [3.63, 3.8) is 0 Å². The molecule has 0 bridgehead atoms. The molecule has 6 nitrogen and oxygen atoms in total. The van der Waals surface area contributed by atoms with Gasteiger partial charge in [0.1, 0.15) is 16.7 Å². The van der Waals surface area contributed by atoms with Crippen LogP contribution in [0.2, 0.25) is 10.0 Å². The summed E-state index contributed by atoms with van der Waals surface area (Å²) in [6, 6.07) is 20.0. The Morgan fingerprint density at radius 1 is 0.892 bits per heavy atom. The highest BCUT2D eigenvalue weighted by molar-refractivity contribution is 8.00. The number of aromatic hydroxyl groups is 2. The van der Waals surface area contributed by atoms with Crippen molar-refractivity contribution in [2.45, 2.75) is 17.4 Å². The van der Waals surface area contributed by atoms with Crippen LogP contribution in [0.3, 0.4) is 0 Å². The molecule has 2 heterocycles. The van der Waals surface area contributed by atoms with Gasteiger partial charge in [-0.15, -0.1) is 11.8 Å². The number of anilines is 1. The first-order valence-electron chi connectivity index (χ1n) is 11.4. The summed E-state index contributed by atoms with van der Waals surface area (Å²) in [5.41, 5.74) is 3.63. The van der Waals surface area contributed by atoms with Gasteiger partial charge in [-0.2, -0.15) is 0 Å². The number of phenols is 2. The van der Waals surface area contributed by atoms with Gasteiger partial charge in [-0.05, 0) is 53.6 Å². The van der Waals surface area contributed by atoms with Crippen molar-refractivity contribution in [2.75, 3.05) is 10.7 Å². The standard InChI is InChI=1S/C28H22Cl2N2O4S/c29-19-5-1-17(2-6-19)25(35)15-37-27-26(23-10-9-22(33)12-24(23)34)32(28(27)36)21-7-3-16(4-8-21)18-11-20(30)14-31-13-18/h1-14,25-27,33-35H,15H2/t25-,26+,27+/m0/s1. The van der Waals surface area contributed by atoms with E-state index in [1.54, 1.807) is 47.6 Å². The maximum atomic E-state index is 13.4. The lowest BCUT2D eigenvalue weighted by Crippen LogP contribution is -2.57. The largest absolute Gasteiger partial charge is 0.508 e. The van der Waals surface area contributed by atoms with Crippen LogP contribution in [0.1, 0.15) is 23.3 Å². The third-order valence-corrected chi connectivity index (χ3v) is 8.04. The molecule has 3 N–H and O–H groups in total. The lowest BCUT2D eigenvalue weighted by molar-refractivity contribution is -0.123. The fourth-order valence-corrected chi connectivity index (χ4v) is 5.95. The molecule has 3 atom stereocenters. The predicted octanol–water partition coefficient (Wildman–Crippen LogP) is 6.39. The fourth-order valence-electron chi connectivity index (χ4n) is 4.36. The van der Waals surface area contributed by atoms with Gasteiger partial charge in [0.2, 0.25) is 5.91 Å². The minimum Gasteiger partial charge on any atom is -0.508 e. The molecule has 0 radical (unpaired) electrons. The number of rotatable bonds is 7. The molecule has 1 aliphatic rings. The number of aromatic nitrogens is 1. The molecule has 1 aliphatic heterocycles. The number of hydrogen-bond donors (Lipinski definition) is 3. The number of aliphatic hydroxyl groups excluding tert-OH is 1. The average Bonchev–Trinajstić information content (AvgIpc) is 2.88. The highest BCUT2D eigenvalue weighted by Crippen LogP contribution is 2.48. The molecule has 3 aromatic carbocycles. The van der Waals surface area contributed by atoms with Crippen LogP contribution in [-0.2, 0) is 4.79 Å². The summed E-state index contributed by atoms with van der Waals surface area (Å²) in [5.74, 6) is -0.0294. The second kappa shape index (κ2) is 10.6. The van der Waals surface area contributed by atoms with E-state index in [1.807, 2.05) is 30.3 Å². The number of carbonyl (C=O) groups is 1. The van der Waals surface area contributed by atoms with Crippen LogP contribution in [0.15, 0.2) is 85.2 Å². The van der Waals surface area contributed by atoms with Gasteiger partial charge < -0.3 is 20.2 Å². The van der Waals surface area contributed by atoms with E-state index < -0.39 is 17.4 Å². The summed E-state index contributed by atoms with van der Waals surface area (Å²) in [6.07, 6.45) is 2.49. The minimum absolute atomic E-state index is 0.0692. The van der Waals surface area contributed by atoms with Crippen molar-refractivity contribution in [1.29, 1.82) is 0 Å². The van der Waals surface area contributed by atoms with E-state index in [-0.39, 0.29) is 23.2 Å². The predicted molar refractivity (Wildman–Crippen MR) is 147 cm³/mol. The Labute approximate surface area is 228 Å². The molecule has 1 saturated heterocycles. The second-order valence-corrected chi connectivity index (χ2v) is 10.7. The number of pyridine rings is 1. The molecule has 4 aromatic rings. The normalized spacial score (nSPS) is 17.9. The summed E-state index contributed by atoms with van der Waals surface area (Å²) in [7, 11) is 0. The number of benzene rings is 3. The maximum absolute atomic E-state index is 13.4. The van der Waals surface area contributed by atoms with Gasteiger partial charge in [-0.3, -0.25) is 9.78 Å². The molecular formula is C28H22Cl2N2O4S. The maximum Gasteiger partial charge on any atom is 0.243 e. The van der Waals surface area contributed by atoms with E-state index >= 15 is 0 Å². The molecule has 1 amide bonds. The average molecular weight is 553 g/mol. The molecule has 188 valence electrons. The number of nitrogens with zero attached hydrogens (tertiary/aromatic N) is 2. The van der Waals surface area contributed by atoms with Crippen LogP contribution in [0.5, 0.6) is 11.5 Å². The van der Waals surface area contributed by atoms with Gasteiger partial charge in [0.25, 0.3) is 0 Å². The summed E-state index contributed by atoms with van der Waals surface area (Å²) >= 11 is 13.3. The van der Waals surface area contributed by atoms with Gasteiger partial charge in [0, 0.05) is 46.0 Å². The fraction of sp³-hybridized carbons (Fsp3) is 0.143. The highest BCUT2D eigenvalue weighted by Gasteiger charge is 2.50. The smallest absolute Gasteiger partial charge is 0.243 e. The van der Waals surface area contributed by atoms with Crippen LogP contribution < -0.4 is 4.90 Å². The quantitative estimate of drug-likeness (QED) is 0.230. The van der Waals surface area contributed by atoms with Crippen molar-refractivity contribution < 1.29 is 20.1 Å². The number of amides is 1. The van der Waals surface area contributed by atoms with Gasteiger partial charge in [-0.25, -0.2) is 0 Å². The van der Waals surface area contributed by atoms with Crippen LogP contribution >= 0.6 is 35.0 Å². The summed E-state index contributed by atoms with van der Waals surface area (Å²) in [6.45, 7) is 0. The number of β-lactam (4-membered cyclic amide) rings is 1. The Bertz CT molecular complexity index is 1430. The third-order valence-electron chi connectivity index (χ3n) is 6.25. The van der Waals surface area contributed by atoms with Crippen molar-refractivity contribution >= 4 is 46.6 Å². The summed E-state index contributed by atoms with van der Waals surface area (Å²) in [5, 5.41) is 31.6. The molecule has 0 unspecified atom stereocenters. The van der Waals surface area contributed by atoms with Crippen LogP contribution in [0, 0.1) is 0 Å². The van der Waals surface area contributed by atoms with Crippen LogP contribution in [0.4, 0.5) is 5.69 Å². The molecule has 1 aromatic heterocycles. The minimum atomic E-state index is -0.788. The molecule has 37 heavy (non-hydrogen) atoms. The first-order valence-corrected chi connectivity index (χ1v) is 13.2. The van der Waals surface area contributed by atoms with E-state index in [9.17, 15) is 20.1 Å². The first kappa shape index (κ1) is 25.4. The van der Waals surface area contributed by atoms with E-state index in [1.165, 1.54) is 23.9 Å². The second-order valence-electron chi connectivity index (χ2n) is 8.66. The number of thioether (sulfide) groups is 1. The van der Waals surface area contributed by atoms with E-state index in [0.29, 0.717) is 26.9 Å². The first-order chi connectivity index (χ1) is 17.8. The Morgan fingerprint density at radius 2 is 1.62 bits per heavy atom. The molecule has 0 spiro atoms. The molecule has 0 aliphatic carbocycles. The highest BCUT2D eigenvalue weighted by atomic mass is 35.5. The van der Waals surface area contributed by atoms with Crippen molar-refractivity contribution in [3.05, 3.63) is 106 Å². The van der Waals surface area contributed by atoms with Crippen LogP contribution in [-0.4, -0.2) is 37.2 Å². The summed E-state index contributed by atoms with van der Waals surface area (Å²) in [4.78, 5) is 19.1. The van der Waals surface area contributed by atoms with Gasteiger partial charge >= 0.3 is 0 Å². The molecule has 5 rings (SSSR count). The monoisotopic (exact) mass is 552 g/mol. The van der Waals surface area contributed by atoms with E-state index in [0.717, 1.165) is 11.1 Å². The zero-order valence-electron chi connectivity index (χ0n) is 19.3. The SMILES string of the molecule is O=C1[C@H](SC[C@H](O)c2ccc(Cl)cc2)[C@@H](c2ccc(O)cc2O)N1c1ccc(-c2cncc(Cl)c2)cc1. The van der Waals surface area contributed by atoms with Gasteiger partial charge in [0.05, 0.1) is 17.2 Å².